The first-order valence-electron chi connectivity index (χ1n) is 5.91. The highest BCUT2D eigenvalue weighted by molar-refractivity contribution is 7.99. The summed E-state index contributed by atoms with van der Waals surface area (Å²) in [7, 11) is 0. The number of nitriles is 1. The van der Waals surface area contributed by atoms with Crippen molar-refractivity contribution >= 4 is 29.7 Å². The second kappa shape index (κ2) is 6.26. The van der Waals surface area contributed by atoms with Gasteiger partial charge in [-0.1, -0.05) is 12.1 Å². The molecule has 0 radical (unpaired) electrons. The van der Waals surface area contributed by atoms with Crippen LogP contribution in [0, 0.1) is 11.3 Å². The molecule has 0 saturated carbocycles. The maximum atomic E-state index is 12.0. The van der Waals surface area contributed by atoms with Gasteiger partial charge < -0.3 is 10.0 Å². The molecule has 1 N–H and O–H groups in total. The van der Waals surface area contributed by atoms with Crippen LogP contribution >= 0.6 is 11.8 Å². The Balaban J connectivity index is 2.05. The second-order valence-electron chi connectivity index (χ2n) is 4.23. The van der Waals surface area contributed by atoms with Gasteiger partial charge in [0, 0.05) is 11.8 Å². The number of carbonyl (C=O) groups is 2. The largest absolute Gasteiger partial charge is 0.480 e. The highest BCUT2D eigenvalue weighted by Gasteiger charge is 2.33. The highest BCUT2D eigenvalue weighted by Crippen LogP contribution is 2.21. The lowest BCUT2D eigenvalue weighted by Crippen LogP contribution is -2.40. The molecule has 1 amide bonds. The van der Waals surface area contributed by atoms with Crippen LogP contribution in [0.5, 0.6) is 0 Å². The number of hydrogen-bond acceptors (Lipinski definition) is 4. The van der Waals surface area contributed by atoms with Gasteiger partial charge in [-0.05, 0) is 23.8 Å². The Kier molecular flexibility index (Phi) is 4.43. The van der Waals surface area contributed by atoms with Crippen molar-refractivity contribution in [2.24, 2.45) is 0 Å². The third-order valence-electron chi connectivity index (χ3n) is 2.91. The minimum Gasteiger partial charge on any atom is -0.480 e. The maximum Gasteiger partial charge on any atom is 0.327 e. The van der Waals surface area contributed by atoms with Gasteiger partial charge in [-0.25, -0.2) is 4.79 Å². The van der Waals surface area contributed by atoms with Crippen molar-refractivity contribution in [1.82, 2.24) is 4.90 Å². The third kappa shape index (κ3) is 3.19. The van der Waals surface area contributed by atoms with E-state index >= 15 is 0 Å². The molecule has 1 atom stereocenters. The Morgan fingerprint density at radius 2 is 2.10 bits per heavy atom. The van der Waals surface area contributed by atoms with Crippen LogP contribution in [0.3, 0.4) is 0 Å². The van der Waals surface area contributed by atoms with Crippen LogP contribution in [-0.2, 0) is 9.59 Å². The van der Waals surface area contributed by atoms with Gasteiger partial charge in [0.25, 0.3) is 0 Å². The summed E-state index contributed by atoms with van der Waals surface area (Å²) in [6.45, 7) is 0. The predicted molar refractivity (Wildman–Crippen MR) is 75.8 cm³/mol. The van der Waals surface area contributed by atoms with Crippen molar-refractivity contribution < 1.29 is 14.7 Å². The van der Waals surface area contributed by atoms with E-state index in [2.05, 4.69) is 0 Å². The average molecular weight is 288 g/mol. The van der Waals surface area contributed by atoms with Gasteiger partial charge in [0.2, 0.25) is 5.91 Å². The molecule has 20 heavy (non-hydrogen) atoms. The van der Waals surface area contributed by atoms with E-state index in [1.165, 1.54) is 22.7 Å². The molecular weight excluding hydrogens is 276 g/mol. The minimum atomic E-state index is -0.977. The molecular formula is C14H12N2O3S. The number of carboxylic acids is 1. The van der Waals surface area contributed by atoms with E-state index < -0.39 is 12.0 Å². The van der Waals surface area contributed by atoms with Crippen molar-refractivity contribution in [2.45, 2.75) is 6.04 Å². The number of hydrogen-bond donors (Lipinski definition) is 1. The molecule has 0 aromatic heterocycles. The predicted octanol–water partition coefficient (Wildman–Crippen LogP) is 1.56. The molecule has 1 heterocycles. The van der Waals surface area contributed by atoms with E-state index in [4.69, 9.17) is 10.4 Å². The monoisotopic (exact) mass is 288 g/mol. The quantitative estimate of drug-likeness (QED) is 0.854. The molecule has 5 nitrogen and oxygen atoms in total. The fourth-order valence-electron chi connectivity index (χ4n) is 1.80. The van der Waals surface area contributed by atoms with Crippen molar-refractivity contribution in [3.63, 3.8) is 0 Å². The number of carboxylic acid groups (broad SMARTS) is 1. The molecule has 2 rings (SSSR count). The van der Waals surface area contributed by atoms with Crippen LogP contribution < -0.4 is 0 Å². The van der Waals surface area contributed by atoms with E-state index in [0.29, 0.717) is 17.2 Å². The van der Waals surface area contributed by atoms with Gasteiger partial charge in [0.1, 0.15) is 6.04 Å². The number of rotatable bonds is 3. The molecule has 1 aromatic rings. The summed E-state index contributed by atoms with van der Waals surface area (Å²) in [5, 5.41) is 17.7. The van der Waals surface area contributed by atoms with E-state index in [9.17, 15) is 9.59 Å². The van der Waals surface area contributed by atoms with Crippen molar-refractivity contribution in [1.29, 1.82) is 5.26 Å². The number of carbonyl (C=O) groups excluding carboxylic acids is 1. The van der Waals surface area contributed by atoms with Crippen molar-refractivity contribution in [3.05, 3.63) is 41.5 Å². The van der Waals surface area contributed by atoms with Crippen molar-refractivity contribution in [3.8, 4) is 6.07 Å². The van der Waals surface area contributed by atoms with Gasteiger partial charge in [0.05, 0.1) is 17.5 Å². The van der Waals surface area contributed by atoms with Crippen LogP contribution in [0.4, 0.5) is 0 Å². The Bertz CT molecular complexity index is 589. The lowest BCUT2D eigenvalue weighted by Gasteiger charge is -2.18. The molecule has 0 aliphatic carbocycles. The molecule has 1 aromatic carbocycles. The molecule has 1 aliphatic rings. The lowest BCUT2D eigenvalue weighted by atomic mass is 10.1. The van der Waals surface area contributed by atoms with Gasteiger partial charge >= 0.3 is 5.97 Å². The fraction of sp³-hybridized carbons (Fsp3) is 0.214. The van der Waals surface area contributed by atoms with Crippen LogP contribution in [0.15, 0.2) is 30.3 Å². The number of benzene rings is 1. The molecule has 1 aliphatic heterocycles. The third-order valence-corrected chi connectivity index (χ3v) is 3.92. The Hall–Kier alpha value is -2.26. The van der Waals surface area contributed by atoms with Gasteiger partial charge in [-0.3, -0.25) is 4.79 Å². The summed E-state index contributed by atoms with van der Waals surface area (Å²) >= 11 is 1.43. The van der Waals surface area contributed by atoms with Crippen LogP contribution in [0.2, 0.25) is 0 Å². The first-order chi connectivity index (χ1) is 9.61. The number of aliphatic carboxylic acids is 1. The summed E-state index contributed by atoms with van der Waals surface area (Å²) in [5.74, 6) is -0.471. The zero-order chi connectivity index (χ0) is 14.5. The number of thioether (sulfide) groups is 1. The normalized spacial score (nSPS) is 18.1. The molecule has 6 heteroatoms. The van der Waals surface area contributed by atoms with Gasteiger partial charge in [-0.2, -0.15) is 5.26 Å². The summed E-state index contributed by atoms with van der Waals surface area (Å²) in [4.78, 5) is 24.3. The first kappa shape index (κ1) is 14.2. The molecule has 0 bridgehead atoms. The summed E-state index contributed by atoms with van der Waals surface area (Å²) in [6, 6.07) is 8.05. The average Bonchev–Trinajstić information content (AvgIpc) is 2.95. The van der Waals surface area contributed by atoms with E-state index in [1.54, 1.807) is 30.3 Å². The second-order valence-corrected chi connectivity index (χ2v) is 5.23. The van der Waals surface area contributed by atoms with Gasteiger partial charge in [0.15, 0.2) is 0 Å². The topological polar surface area (TPSA) is 81.4 Å². The summed E-state index contributed by atoms with van der Waals surface area (Å²) in [6.07, 6.45) is 2.98. The summed E-state index contributed by atoms with van der Waals surface area (Å²) in [5.41, 5.74) is 1.34. The molecule has 0 spiro atoms. The SMILES string of the molecule is N#Cc1ccc(/C=C/C(=O)N2CSCC2C(=O)O)cc1. The molecule has 1 unspecified atom stereocenters. The molecule has 102 valence electrons. The van der Waals surface area contributed by atoms with Crippen LogP contribution in [-0.4, -0.2) is 39.6 Å². The van der Waals surface area contributed by atoms with E-state index in [-0.39, 0.29) is 5.91 Å². The number of nitrogens with zero attached hydrogens (tertiary/aromatic N) is 2. The Morgan fingerprint density at radius 3 is 2.70 bits per heavy atom. The molecule has 1 saturated heterocycles. The van der Waals surface area contributed by atoms with Gasteiger partial charge in [-0.15, -0.1) is 11.8 Å². The van der Waals surface area contributed by atoms with Crippen LogP contribution in [0.25, 0.3) is 6.08 Å². The minimum absolute atomic E-state index is 0.313. The van der Waals surface area contributed by atoms with E-state index in [0.717, 1.165) is 5.56 Å². The zero-order valence-corrected chi connectivity index (χ0v) is 11.3. The Labute approximate surface area is 120 Å². The van der Waals surface area contributed by atoms with E-state index in [1.807, 2.05) is 6.07 Å². The lowest BCUT2D eigenvalue weighted by molar-refractivity contribution is -0.146. The summed E-state index contributed by atoms with van der Waals surface area (Å²) < 4.78 is 0. The maximum absolute atomic E-state index is 12.0. The van der Waals surface area contributed by atoms with Crippen LogP contribution in [0.1, 0.15) is 11.1 Å². The smallest absolute Gasteiger partial charge is 0.327 e. The first-order valence-corrected chi connectivity index (χ1v) is 7.06. The Morgan fingerprint density at radius 1 is 1.40 bits per heavy atom. The fourth-order valence-corrected chi connectivity index (χ4v) is 2.95. The molecule has 1 fully saturated rings. The highest BCUT2D eigenvalue weighted by atomic mass is 32.2. The standard InChI is InChI=1S/C14H12N2O3S/c15-7-11-3-1-10(2-4-11)5-6-13(17)16-9-20-8-12(16)14(18)19/h1-6,12H,8-9H2,(H,18,19)/b6-5+. The van der Waals surface area contributed by atoms with Crippen molar-refractivity contribution in [2.75, 3.05) is 11.6 Å². The zero-order valence-electron chi connectivity index (χ0n) is 10.5. The number of amides is 1.